The van der Waals surface area contributed by atoms with E-state index in [1.165, 1.54) is 17.3 Å². The zero-order valence-corrected chi connectivity index (χ0v) is 12.7. The van der Waals surface area contributed by atoms with Gasteiger partial charge < -0.3 is 4.90 Å². The highest BCUT2D eigenvalue weighted by atomic mass is 32.2. The van der Waals surface area contributed by atoms with E-state index >= 15 is 0 Å². The van der Waals surface area contributed by atoms with E-state index in [0.29, 0.717) is 10.9 Å². The molecule has 0 spiro atoms. The third-order valence-corrected chi connectivity index (χ3v) is 4.52. The Bertz CT molecular complexity index is 632. The van der Waals surface area contributed by atoms with E-state index in [-0.39, 0.29) is 11.9 Å². The average molecular weight is 299 g/mol. The van der Waals surface area contributed by atoms with Gasteiger partial charge in [0.1, 0.15) is 0 Å². The molecule has 4 nitrogen and oxygen atoms in total. The third kappa shape index (κ3) is 3.08. The van der Waals surface area contributed by atoms with Crippen LogP contribution in [0.4, 0.5) is 5.69 Å². The number of thioether (sulfide) groups is 1. The Morgan fingerprint density at radius 1 is 1.29 bits per heavy atom. The number of aryl methyl sites for hydroxylation is 1. The molecule has 0 saturated heterocycles. The van der Waals surface area contributed by atoms with Crippen LogP contribution in [0.5, 0.6) is 0 Å². The predicted octanol–water partition coefficient (Wildman–Crippen LogP) is 2.94. The molecule has 5 heteroatoms. The minimum atomic E-state index is 0.118. The largest absolute Gasteiger partial charge is 0.309 e. The highest BCUT2D eigenvalue weighted by molar-refractivity contribution is 7.99. The van der Waals surface area contributed by atoms with E-state index in [9.17, 15) is 4.79 Å². The summed E-state index contributed by atoms with van der Waals surface area (Å²) in [4.78, 5) is 22.8. The van der Waals surface area contributed by atoms with Crippen LogP contribution in [0.2, 0.25) is 0 Å². The SMILES string of the molecule is CC1CCc2ccccc2N1C(=O)CSc1ncccn1. The van der Waals surface area contributed by atoms with Crippen molar-refractivity contribution in [2.75, 3.05) is 10.7 Å². The first kappa shape index (κ1) is 14.1. The zero-order chi connectivity index (χ0) is 14.7. The van der Waals surface area contributed by atoms with Crippen LogP contribution < -0.4 is 4.90 Å². The number of carbonyl (C=O) groups excluding carboxylic acids is 1. The molecule has 1 aliphatic rings. The van der Waals surface area contributed by atoms with E-state index in [2.05, 4.69) is 23.0 Å². The lowest BCUT2D eigenvalue weighted by molar-refractivity contribution is -0.116. The third-order valence-electron chi connectivity index (χ3n) is 3.66. The smallest absolute Gasteiger partial charge is 0.237 e. The van der Waals surface area contributed by atoms with E-state index in [4.69, 9.17) is 0 Å². The van der Waals surface area contributed by atoms with Gasteiger partial charge in [0.15, 0.2) is 5.16 Å². The normalized spacial score (nSPS) is 17.4. The fraction of sp³-hybridized carbons (Fsp3) is 0.312. The van der Waals surface area contributed by atoms with Crippen LogP contribution in [0, 0.1) is 0 Å². The van der Waals surface area contributed by atoms with Crippen LogP contribution in [0.1, 0.15) is 18.9 Å². The molecule has 1 aromatic heterocycles. The van der Waals surface area contributed by atoms with Crippen molar-refractivity contribution in [2.45, 2.75) is 31.0 Å². The van der Waals surface area contributed by atoms with Gasteiger partial charge in [-0.25, -0.2) is 9.97 Å². The molecule has 0 bridgehead atoms. The quantitative estimate of drug-likeness (QED) is 0.646. The van der Waals surface area contributed by atoms with E-state index in [0.717, 1.165) is 18.5 Å². The molecular formula is C16H17N3OS. The van der Waals surface area contributed by atoms with Crippen molar-refractivity contribution in [1.29, 1.82) is 0 Å². The first-order valence-corrected chi connectivity index (χ1v) is 8.04. The topological polar surface area (TPSA) is 46.1 Å². The van der Waals surface area contributed by atoms with Crippen LogP contribution in [-0.4, -0.2) is 27.7 Å². The maximum absolute atomic E-state index is 12.6. The van der Waals surface area contributed by atoms with Gasteiger partial charge in [-0.3, -0.25) is 4.79 Å². The second kappa shape index (κ2) is 6.26. The number of fused-ring (bicyclic) bond motifs is 1. The molecule has 108 valence electrons. The number of anilines is 1. The summed E-state index contributed by atoms with van der Waals surface area (Å²) in [7, 11) is 0. The summed E-state index contributed by atoms with van der Waals surface area (Å²) in [5, 5.41) is 0.642. The van der Waals surface area contributed by atoms with Crippen molar-refractivity contribution in [3.63, 3.8) is 0 Å². The average Bonchev–Trinajstić information content (AvgIpc) is 2.53. The second-order valence-corrected chi connectivity index (χ2v) is 6.04. The molecule has 2 heterocycles. The summed E-state index contributed by atoms with van der Waals surface area (Å²) in [5.74, 6) is 0.481. The monoisotopic (exact) mass is 299 g/mol. The summed E-state index contributed by atoms with van der Waals surface area (Å²) < 4.78 is 0. The molecule has 3 rings (SSSR count). The highest BCUT2D eigenvalue weighted by Gasteiger charge is 2.27. The van der Waals surface area contributed by atoms with Crippen LogP contribution in [0.25, 0.3) is 0 Å². The van der Waals surface area contributed by atoms with Crippen molar-refractivity contribution in [3.8, 4) is 0 Å². The van der Waals surface area contributed by atoms with Gasteiger partial charge in [-0.15, -0.1) is 0 Å². The van der Waals surface area contributed by atoms with Crippen molar-refractivity contribution in [2.24, 2.45) is 0 Å². The van der Waals surface area contributed by atoms with Crippen LogP contribution in [-0.2, 0) is 11.2 Å². The Hall–Kier alpha value is -1.88. The van der Waals surface area contributed by atoms with Crippen LogP contribution >= 0.6 is 11.8 Å². The second-order valence-electron chi connectivity index (χ2n) is 5.10. The molecule has 0 radical (unpaired) electrons. The molecule has 0 N–H and O–H groups in total. The van der Waals surface area contributed by atoms with E-state index < -0.39 is 0 Å². The number of amides is 1. The van der Waals surface area contributed by atoms with Gasteiger partial charge in [-0.05, 0) is 37.5 Å². The number of benzene rings is 1. The molecule has 0 saturated carbocycles. The van der Waals surface area contributed by atoms with Crippen LogP contribution in [0.3, 0.4) is 0 Å². The van der Waals surface area contributed by atoms with Gasteiger partial charge in [0.2, 0.25) is 5.91 Å². The van der Waals surface area contributed by atoms with Crippen molar-refractivity contribution >= 4 is 23.4 Å². The molecule has 1 amide bonds. The molecule has 1 aliphatic heterocycles. The first-order valence-electron chi connectivity index (χ1n) is 7.05. The Kier molecular flexibility index (Phi) is 4.20. The lowest BCUT2D eigenvalue weighted by Gasteiger charge is -2.35. The molecule has 2 aromatic rings. The lowest BCUT2D eigenvalue weighted by Crippen LogP contribution is -2.43. The van der Waals surface area contributed by atoms with E-state index in [1.807, 2.05) is 23.1 Å². The molecule has 21 heavy (non-hydrogen) atoms. The number of carbonyl (C=O) groups is 1. The van der Waals surface area contributed by atoms with Crippen LogP contribution in [0.15, 0.2) is 47.9 Å². The highest BCUT2D eigenvalue weighted by Crippen LogP contribution is 2.31. The first-order chi connectivity index (χ1) is 10.3. The molecule has 0 fully saturated rings. The Balaban J connectivity index is 1.75. The Morgan fingerprint density at radius 3 is 2.86 bits per heavy atom. The summed E-state index contributed by atoms with van der Waals surface area (Å²) in [6, 6.07) is 10.2. The summed E-state index contributed by atoms with van der Waals surface area (Å²) >= 11 is 1.39. The fourth-order valence-electron chi connectivity index (χ4n) is 2.62. The van der Waals surface area contributed by atoms with Crippen molar-refractivity contribution < 1.29 is 4.79 Å². The summed E-state index contributed by atoms with van der Waals surface area (Å²) in [6.07, 6.45) is 5.43. The Labute approximate surface area is 128 Å². The van der Waals surface area contributed by atoms with Crippen molar-refractivity contribution in [1.82, 2.24) is 9.97 Å². The number of hydrogen-bond donors (Lipinski definition) is 0. The number of aromatic nitrogens is 2. The minimum absolute atomic E-state index is 0.118. The number of nitrogens with zero attached hydrogens (tertiary/aromatic N) is 3. The maximum atomic E-state index is 12.6. The summed E-state index contributed by atoms with van der Waals surface area (Å²) in [5.41, 5.74) is 2.31. The molecular weight excluding hydrogens is 282 g/mol. The number of para-hydroxylation sites is 1. The lowest BCUT2D eigenvalue weighted by atomic mass is 9.97. The predicted molar refractivity (Wildman–Crippen MR) is 84.5 cm³/mol. The van der Waals surface area contributed by atoms with Crippen molar-refractivity contribution in [3.05, 3.63) is 48.3 Å². The van der Waals surface area contributed by atoms with Gasteiger partial charge in [-0.2, -0.15) is 0 Å². The Morgan fingerprint density at radius 2 is 2.05 bits per heavy atom. The summed E-state index contributed by atoms with van der Waals surface area (Å²) in [6.45, 7) is 2.11. The van der Waals surface area contributed by atoms with Gasteiger partial charge in [0.05, 0.1) is 5.75 Å². The fourth-order valence-corrected chi connectivity index (χ4v) is 3.29. The zero-order valence-electron chi connectivity index (χ0n) is 11.9. The van der Waals surface area contributed by atoms with Gasteiger partial charge in [0.25, 0.3) is 0 Å². The minimum Gasteiger partial charge on any atom is -0.309 e. The van der Waals surface area contributed by atoms with Gasteiger partial charge in [0, 0.05) is 24.1 Å². The standard InChI is InChI=1S/C16H17N3OS/c1-12-7-8-13-5-2-3-6-14(13)19(12)15(20)11-21-16-17-9-4-10-18-16/h2-6,9-10,12H,7-8,11H2,1H3. The molecule has 0 aliphatic carbocycles. The van der Waals surface area contributed by atoms with Gasteiger partial charge in [-0.1, -0.05) is 30.0 Å². The number of rotatable bonds is 3. The number of hydrogen-bond acceptors (Lipinski definition) is 4. The molecule has 1 atom stereocenters. The van der Waals surface area contributed by atoms with E-state index in [1.54, 1.807) is 18.5 Å². The molecule has 1 unspecified atom stereocenters. The van der Waals surface area contributed by atoms with Gasteiger partial charge >= 0.3 is 0 Å². The maximum Gasteiger partial charge on any atom is 0.237 e. The molecule has 1 aromatic carbocycles.